The van der Waals surface area contributed by atoms with Gasteiger partial charge in [0.1, 0.15) is 6.04 Å². The average Bonchev–Trinajstić information content (AvgIpc) is 3.32. The molecule has 0 aliphatic carbocycles. The molecule has 1 aliphatic rings. The van der Waals surface area contributed by atoms with E-state index in [4.69, 9.17) is 0 Å². The summed E-state index contributed by atoms with van der Waals surface area (Å²) in [4.78, 5) is 37.1. The lowest BCUT2D eigenvalue weighted by Gasteiger charge is -2.30. The van der Waals surface area contributed by atoms with Crippen LogP contribution in [-0.4, -0.2) is 48.9 Å². The number of carbonyl (C=O) groups excluding carboxylic acids is 2. The fourth-order valence-corrected chi connectivity index (χ4v) is 4.33. The van der Waals surface area contributed by atoms with E-state index in [2.05, 4.69) is 31.8 Å². The maximum Gasteiger partial charge on any atom is 0.252 e. The number of nitrogens with one attached hydrogen (secondary N) is 1. The van der Waals surface area contributed by atoms with E-state index in [0.29, 0.717) is 31.1 Å². The van der Waals surface area contributed by atoms with Crippen molar-refractivity contribution in [1.82, 2.24) is 29.8 Å². The highest BCUT2D eigenvalue weighted by Gasteiger charge is 2.28. The monoisotopic (exact) mass is 398 g/mol. The molecule has 9 heteroatoms. The summed E-state index contributed by atoms with van der Waals surface area (Å²) in [6, 6.07) is 3.31. The van der Waals surface area contributed by atoms with Crippen molar-refractivity contribution in [1.29, 1.82) is 0 Å². The third kappa shape index (κ3) is 3.89. The Morgan fingerprint density at radius 2 is 2.29 bits per heavy atom. The minimum atomic E-state index is -0.521. The van der Waals surface area contributed by atoms with Gasteiger partial charge in [0.05, 0.1) is 6.42 Å². The molecule has 1 atom stereocenters. The van der Waals surface area contributed by atoms with Crippen LogP contribution in [-0.2, 0) is 29.0 Å². The van der Waals surface area contributed by atoms with Gasteiger partial charge in [-0.1, -0.05) is 13.3 Å². The number of hydrogen-bond donors (Lipinski definition) is 1. The van der Waals surface area contributed by atoms with Gasteiger partial charge in [-0.2, -0.15) is 4.98 Å². The molecule has 3 aromatic rings. The first kappa shape index (κ1) is 18.5. The van der Waals surface area contributed by atoms with E-state index in [1.165, 1.54) is 15.0 Å². The fraction of sp³-hybridized carbons (Fsp3) is 0.421. The van der Waals surface area contributed by atoms with Gasteiger partial charge in [0.25, 0.3) is 5.78 Å². The molecule has 4 rings (SSSR count). The predicted octanol–water partition coefficient (Wildman–Crippen LogP) is 1.60. The van der Waals surface area contributed by atoms with Gasteiger partial charge in [-0.25, -0.2) is 9.50 Å². The van der Waals surface area contributed by atoms with Gasteiger partial charge in [0, 0.05) is 30.4 Å². The van der Waals surface area contributed by atoms with Crippen LogP contribution in [0.3, 0.4) is 0 Å². The van der Waals surface area contributed by atoms with Crippen LogP contribution in [0.15, 0.2) is 29.9 Å². The van der Waals surface area contributed by atoms with Crippen LogP contribution in [0.25, 0.3) is 5.78 Å². The molecule has 1 N–H and O–H groups in total. The van der Waals surface area contributed by atoms with Crippen molar-refractivity contribution in [3.8, 4) is 0 Å². The van der Waals surface area contributed by atoms with E-state index in [1.807, 2.05) is 11.8 Å². The molecule has 0 bridgehead atoms. The van der Waals surface area contributed by atoms with E-state index in [-0.39, 0.29) is 18.2 Å². The second-order valence-corrected chi connectivity index (χ2v) is 7.86. The van der Waals surface area contributed by atoms with E-state index < -0.39 is 6.04 Å². The highest BCUT2D eigenvalue weighted by molar-refractivity contribution is 7.10. The Hall–Kier alpha value is -2.81. The topological polar surface area (TPSA) is 92.5 Å². The maximum absolute atomic E-state index is 13.0. The lowest BCUT2D eigenvalue weighted by Crippen LogP contribution is -2.50. The molecule has 1 aliphatic heterocycles. The average molecular weight is 398 g/mol. The van der Waals surface area contributed by atoms with Crippen molar-refractivity contribution < 1.29 is 9.59 Å². The highest BCUT2D eigenvalue weighted by atomic mass is 32.1. The zero-order chi connectivity index (χ0) is 19.5. The van der Waals surface area contributed by atoms with E-state index in [0.717, 1.165) is 12.8 Å². The molecule has 0 saturated carbocycles. The molecule has 3 aromatic heterocycles. The van der Waals surface area contributed by atoms with Crippen LogP contribution in [0.5, 0.6) is 0 Å². The van der Waals surface area contributed by atoms with Crippen molar-refractivity contribution in [3.05, 3.63) is 46.2 Å². The summed E-state index contributed by atoms with van der Waals surface area (Å²) in [5, 5.41) is 9.21. The molecule has 0 radical (unpaired) electrons. The van der Waals surface area contributed by atoms with Crippen LogP contribution in [0.1, 0.15) is 36.0 Å². The number of nitrogens with zero attached hydrogens (tertiary/aromatic N) is 5. The predicted molar refractivity (Wildman–Crippen MR) is 105 cm³/mol. The number of aromatic nitrogens is 4. The summed E-state index contributed by atoms with van der Waals surface area (Å²) in [7, 11) is 0. The van der Waals surface area contributed by atoms with Crippen molar-refractivity contribution in [2.75, 3.05) is 6.54 Å². The van der Waals surface area contributed by atoms with Crippen molar-refractivity contribution >= 4 is 28.9 Å². The van der Waals surface area contributed by atoms with Crippen LogP contribution in [0.2, 0.25) is 0 Å². The third-order valence-electron chi connectivity index (χ3n) is 4.81. The Kier molecular flexibility index (Phi) is 5.34. The molecule has 0 aromatic carbocycles. The lowest BCUT2D eigenvalue weighted by atomic mass is 10.1. The molecular formula is C19H22N6O2S. The number of hydrogen-bond acceptors (Lipinski definition) is 6. The Labute approximate surface area is 166 Å². The van der Waals surface area contributed by atoms with Gasteiger partial charge in [0.2, 0.25) is 11.8 Å². The molecule has 0 fully saturated rings. The standard InChI is InChI=1S/C19H22N6O2S/c1-2-4-14(18(27)24-9-5-15-13(12-24)6-10-28-15)21-17(26)11-16-22-19-20-7-3-8-25(19)23-16/h3,6-8,10,14H,2,4-5,9,11-12H2,1H3,(H,21,26). The smallest absolute Gasteiger partial charge is 0.252 e. The maximum atomic E-state index is 13.0. The highest BCUT2D eigenvalue weighted by Crippen LogP contribution is 2.24. The van der Waals surface area contributed by atoms with Gasteiger partial charge in [-0.15, -0.1) is 16.4 Å². The van der Waals surface area contributed by atoms with Gasteiger partial charge in [0.15, 0.2) is 5.82 Å². The van der Waals surface area contributed by atoms with Crippen LogP contribution in [0.4, 0.5) is 0 Å². The first-order valence-corrected chi connectivity index (χ1v) is 10.3. The Morgan fingerprint density at radius 1 is 1.39 bits per heavy atom. The normalized spacial score (nSPS) is 14.7. The number of rotatable bonds is 6. The fourth-order valence-electron chi connectivity index (χ4n) is 3.44. The lowest BCUT2D eigenvalue weighted by molar-refractivity contribution is -0.137. The molecule has 28 heavy (non-hydrogen) atoms. The minimum absolute atomic E-state index is 0.0170. The number of amides is 2. The molecule has 0 saturated heterocycles. The summed E-state index contributed by atoms with van der Waals surface area (Å²) in [6.45, 7) is 3.32. The van der Waals surface area contributed by atoms with Gasteiger partial charge in [-0.3, -0.25) is 9.59 Å². The third-order valence-corrected chi connectivity index (χ3v) is 5.83. The van der Waals surface area contributed by atoms with Crippen LogP contribution in [0, 0.1) is 0 Å². The van der Waals surface area contributed by atoms with E-state index in [1.54, 1.807) is 29.8 Å². The van der Waals surface area contributed by atoms with Gasteiger partial charge >= 0.3 is 0 Å². The van der Waals surface area contributed by atoms with Crippen molar-refractivity contribution in [3.63, 3.8) is 0 Å². The molecular weight excluding hydrogens is 376 g/mol. The Balaban J connectivity index is 1.41. The largest absolute Gasteiger partial charge is 0.344 e. The molecule has 1 unspecified atom stereocenters. The van der Waals surface area contributed by atoms with Gasteiger partial charge in [-0.05, 0) is 35.9 Å². The summed E-state index contributed by atoms with van der Waals surface area (Å²) >= 11 is 1.74. The van der Waals surface area contributed by atoms with Crippen molar-refractivity contribution in [2.45, 2.75) is 45.2 Å². The number of carbonyl (C=O) groups is 2. The first-order valence-electron chi connectivity index (χ1n) is 9.43. The second kappa shape index (κ2) is 8.05. The summed E-state index contributed by atoms with van der Waals surface area (Å²) < 4.78 is 1.53. The second-order valence-electron chi connectivity index (χ2n) is 6.86. The molecule has 4 heterocycles. The number of fused-ring (bicyclic) bond motifs is 2. The van der Waals surface area contributed by atoms with Crippen molar-refractivity contribution in [2.24, 2.45) is 0 Å². The van der Waals surface area contributed by atoms with Crippen LogP contribution < -0.4 is 5.32 Å². The zero-order valence-corrected chi connectivity index (χ0v) is 16.5. The van der Waals surface area contributed by atoms with Gasteiger partial charge < -0.3 is 10.2 Å². The quantitative estimate of drug-likeness (QED) is 0.681. The van der Waals surface area contributed by atoms with E-state index in [9.17, 15) is 9.59 Å². The minimum Gasteiger partial charge on any atom is -0.344 e. The molecule has 146 valence electrons. The Morgan fingerprint density at radius 3 is 3.11 bits per heavy atom. The molecule has 0 spiro atoms. The SMILES string of the molecule is CCCC(NC(=O)Cc1nc2ncccn2n1)C(=O)N1CCc2sccc2C1. The summed E-state index contributed by atoms with van der Waals surface area (Å²) in [5.74, 6) is 0.568. The molecule has 2 amide bonds. The summed E-state index contributed by atoms with van der Waals surface area (Å²) in [6.07, 6.45) is 5.67. The summed E-state index contributed by atoms with van der Waals surface area (Å²) in [5.41, 5.74) is 1.22. The molecule has 8 nitrogen and oxygen atoms in total. The van der Waals surface area contributed by atoms with E-state index >= 15 is 0 Å². The number of thiophene rings is 1. The Bertz CT molecular complexity index is 964. The van der Waals surface area contributed by atoms with Crippen LogP contribution >= 0.6 is 11.3 Å². The first-order chi connectivity index (χ1) is 13.6. The zero-order valence-electron chi connectivity index (χ0n) is 15.7.